The van der Waals surface area contributed by atoms with Crippen LogP contribution in [-0.4, -0.2) is 15.0 Å². The summed E-state index contributed by atoms with van der Waals surface area (Å²) >= 11 is 1.88. The third-order valence-corrected chi connectivity index (χ3v) is 13.7. The number of fused-ring (bicyclic) bond motifs is 10. The maximum Gasteiger partial charge on any atom is 0.0970 e. The number of thiophene rings is 1. The standard InChI is InChI=1S/C53H31N3S/c1-3-11-45-42(9-1)49-43(24-23-41-38-8-2-4-12-46(38)57-53(41)49)50(56-45)32-16-13-30(14-17-32)36-27-33-18-15-31-19-21-37(39-22-20-34(28-36)47(33)48(31)39)44-29-35-7-5-25-54-51(35)52-40(44)10-6-26-55-52/h1-29,47-48H. The summed E-state index contributed by atoms with van der Waals surface area (Å²) in [6.45, 7) is 0. The summed E-state index contributed by atoms with van der Waals surface area (Å²) in [6.07, 6.45) is 22.6. The Hall–Kier alpha value is -7.01. The van der Waals surface area contributed by atoms with Crippen LogP contribution in [0.4, 0.5) is 0 Å². The highest BCUT2D eigenvalue weighted by atomic mass is 32.1. The van der Waals surface area contributed by atoms with Gasteiger partial charge in [-0.25, -0.2) is 4.98 Å². The van der Waals surface area contributed by atoms with Gasteiger partial charge in [-0.15, -0.1) is 11.3 Å². The lowest BCUT2D eigenvalue weighted by Gasteiger charge is -2.42. The van der Waals surface area contributed by atoms with Gasteiger partial charge in [0.2, 0.25) is 0 Å². The van der Waals surface area contributed by atoms with E-state index in [9.17, 15) is 0 Å². The van der Waals surface area contributed by atoms with E-state index in [1.54, 1.807) is 0 Å². The highest BCUT2D eigenvalue weighted by molar-refractivity contribution is 7.26. The molecule has 4 aliphatic carbocycles. The van der Waals surface area contributed by atoms with Gasteiger partial charge in [0.05, 0.1) is 22.2 Å². The van der Waals surface area contributed by atoms with E-state index < -0.39 is 0 Å². The fraction of sp³-hybridized carbons (Fsp3) is 0.0377. The van der Waals surface area contributed by atoms with Gasteiger partial charge in [0.15, 0.2) is 0 Å². The molecule has 0 bridgehead atoms. The molecule has 264 valence electrons. The number of pyridine rings is 3. The molecule has 0 fully saturated rings. The molecular formula is C53H31N3S. The van der Waals surface area contributed by atoms with E-state index in [0.29, 0.717) is 0 Å². The van der Waals surface area contributed by atoms with Gasteiger partial charge >= 0.3 is 0 Å². The van der Waals surface area contributed by atoms with Crippen molar-refractivity contribution in [3.63, 3.8) is 0 Å². The van der Waals surface area contributed by atoms with E-state index in [-0.39, 0.29) is 11.8 Å². The van der Waals surface area contributed by atoms with E-state index in [1.165, 1.54) is 80.9 Å². The molecule has 5 aromatic carbocycles. The molecule has 9 aromatic rings. The Morgan fingerprint density at radius 1 is 0.526 bits per heavy atom. The minimum Gasteiger partial charge on any atom is -0.254 e. The average molecular weight is 742 g/mol. The normalized spacial score (nSPS) is 18.4. The second-order valence-corrected chi connectivity index (χ2v) is 16.5. The first-order valence-electron chi connectivity index (χ1n) is 19.6. The Morgan fingerprint density at radius 2 is 1.28 bits per heavy atom. The van der Waals surface area contributed by atoms with E-state index in [2.05, 4.69) is 152 Å². The topological polar surface area (TPSA) is 38.7 Å². The number of hydrogen-bond donors (Lipinski definition) is 0. The number of para-hydroxylation sites is 1. The van der Waals surface area contributed by atoms with Crippen LogP contribution in [0.5, 0.6) is 0 Å². The Balaban J connectivity index is 0.908. The van der Waals surface area contributed by atoms with Crippen LogP contribution in [-0.2, 0) is 0 Å². The number of hydrogen-bond acceptors (Lipinski definition) is 4. The van der Waals surface area contributed by atoms with Crippen molar-refractivity contribution in [2.24, 2.45) is 11.8 Å². The number of benzene rings is 5. The first-order chi connectivity index (χ1) is 28.2. The van der Waals surface area contributed by atoms with Crippen molar-refractivity contribution in [3.05, 3.63) is 210 Å². The summed E-state index contributed by atoms with van der Waals surface area (Å²) in [4.78, 5) is 14.8. The van der Waals surface area contributed by atoms with Crippen LogP contribution in [0.15, 0.2) is 199 Å². The molecular weight excluding hydrogens is 711 g/mol. The third-order valence-electron chi connectivity index (χ3n) is 12.5. The largest absolute Gasteiger partial charge is 0.254 e. The van der Waals surface area contributed by atoms with Crippen LogP contribution < -0.4 is 0 Å². The lowest BCUT2D eigenvalue weighted by Crippen LogP contribution is -2.29. The van der Waals surface area contributed by atoms with Gasteiger partial charge in [0.1, 0.15) is 0 Å². The predicted octanol–water partition coefficient (Wildman–Crippen LogP) is 13.5. The summed E-state index contributed by atoms with van der Waals surface area (Å²) in [5.74, 6) is 0.538. The first kappa shape index (κ1) is 31.2. The maximum absolute atomic E-state index is 5.30. The smallest absolute Gasteiger partial charge is 0.0970 e. The fourth-order valence-corrected chi connectivity index (χ4v) is 11.2. The second kappa shape index (κ2) is 11.8. The average Bonchev–Trinajstić information content (AvgIpc) is 3.66. The van der Waals surface area contributed by atoms with Crippen molar-refractivity contribution in [3.8, 4) is 11.3 Å². The second-order valence-electron chi connectivity index (χ2n) is 15.5. The van der Waals surface area contributed by atoms with Crippen LogP contribution in [0.3, 0.4) is 0 Å². The zero-order chi connectivity index (χ0) is 37.2. The van der Waals surface area contributed by atoms with Crippen molar-refractivity contribution in [2.75, 3.05) is 0 Å². The van der Waals surface area contributed by atoms with E-state index in [0.717, 1.165) is 38.6 Å². The Morgan fingerprint density at radius 3 is 2.21 bits per heavy atom. The zero-order valence-corrected chi connectivity index (χ0v) is 31.5. The fourth-order valence-electron chi connectivity index (χ4n) is 9.96. The van der Waals surface area contributed by atoms with Crippen molar-refractivity contribution in [2.45, 2.75) is 0 Å². The molecule has 13 rings (SSSR count). The molecule has 2 unspecified atom stereocenters. The quantitative estimate of drug-likeness (QED) is 0.169. The molecule has 2 atom stereocenters. The molecule has 0 N–H and O–H groups in total. The number of allylic oxidation sites excluding steroid dienone is 14. The minimum atomic E-state index is 0.261. The predicted molar refractivity (Wildman–Crippen MR) is 239 cm³/mol. The van der Waals surface area contributed by atoms with Gasteiger partial charge in [0, 0.05) is 76.9 Å². The summed E-state index contributed by atoms with van der Waals surface area (Å²) in [6, 6.07) is 41.7. The van der Waals surface area contributed by atoms with Crippen LogP contribution in [0, 0.1) is 11.8 Å². The van der Waals surface area contributed by atoms with Gasteiger partial charge in [-0.2, -0.15) is 0 Å². The highest BCUT2D eigenvalue weighted by Gasteiger charge is 2.40. The molecule has 0 radical (unpaired) electrons. The van der Waals surface area contributed by atoms with Gasteiger partial charge in [0.25, 0.3) is 0 Å². The zero-order valence-electron chi connectivity index (χ0n) is 30.6. The molecule has 4 aromatic heterocycles. The number of rotatable bonds is 3. The summed E-state index contributed by atoms with van der Waals surface area (Å²) in [7, 11) is 0. The third kappa shape index (κ3) is 4.50. The number of aromatic nitrogens is 3. The van der Waals surface area contributed by atoms with Crippen LogP contribution >= 0.6 is 11.3 Å². The Bertz CT molecular complexity index is 3510. The monoisotopic (exact) mass is 741 g/mol. The Labute approximate surface area is 332 Å². The van der Waals surface area contributed by atoms with E-state index in [1.807, 2.05) is 35.9 Å². The summed E-state index contributed by atoms with van der Waals surface area (Å²) in [5, 5.41) is 8.57. The van der Waals surface area contributed by atoms with Gasteiger partial charge in [-0.05, 0) is 74.9 Å². The molecule has 0 saturated carbocycles. The van der Waals surface area contributed by atoms with Gasteiger partial charge in [-0.3, -0.25) is 9.97 Å². The molecule has 4 heterocycles. The Kier molecular flexibility index (Phi) is 6.44. The van der Waals surface area contributed by atoms with Crippen molar-refractivity contribution in [1.82, 2.24) is 15.0 Å². The first-order valence-corrected chi connectivity index (χ1v) is 20.4. The molecule has 0 saturated heterocycles. The lowest BCUT2D eigenvalue weighted by molar-refractivity contribution is 0.568. The van der Waals surface area contributed by atoms with Gasteiger partial charge < -0.3 is 0 Å². The molecule has 0 spiro atoms. The summed E-state index contributed by atoms with van der Waals surface area (Å²) < 4.78 is 2.65. The lowest BCUT2D eigenvalue weighted by atomic mass is 9.61. The van der Waals surface area contributed by atoms with Crippen LogP contribution in [0.1, 0.15) is 11.1 Å². The minimum absolute atomic E-state index is 0.261. The van der Waals surface area contributed by atoms with E-state index >= 15 is 0 Å². The van der Waals surface area contributed by atoms with E-state index in [4.69, 9.17) is 15.0 Å². The SMILES string of the molecule is C1=CC2=CC=C(c3cc4cccnc4c4ncccc34)C3=CC=C4C=C(c5ccc(-c6nc7ccccc7c7c6ccc6c8ccccc8sc67)cc5)C=C1C4C23. The van der Waals surface area contributed by atoms with Crippen LogP contribution in [0.25, 0.3) is 86.1 Å². The van der Waals surface area contributed by atoms with Crippen LogP contribution in [0.2, 0.25) is 0 Å². The summed E-state index contributed by atoms with van der Waals surface area (Å²) in [5.41, 5.74) is 15.5. The van der Waals surface area contributed by atoms with Crippen molar-refractivity contribution in [1.29, 1.82) is 0 Å². The van der Waals surface area contributed by atoms with Crippen molar-refractivity contribution < 1.29 is 0 Å². The number of nitrogens with zero attached hydrogens (tertiary/aromatic N) is 3. The highest BCUT2D eigenvalue weighted by Crippen LogP contribution is 2.54. The maximum atomic E-state index is 5.30. The molecule has 0 amide bonds. The molecule has 0 aliphatic heterocycles. The molecule has 4 heteroatoms. The molecule has 3 nitrogen and oxygen atoms in total. The van der Waals surface area contributed by atoms with Gasteiger partial charge in [-0.1, -0.05) is 134 Å². The van der Waals surface area contributed by atoms with Crippen molar-refractivity contribution >= 4 is 86.1 Å². The molecule has 57 heavy (non-hydrogen) atoms. The molecule has 4 aliphatic rings.